The normalized spacial score (nSPS) is 17.7. The molecule has 1 saturated heterocycles. The molecule has 2 aromatic carbocycles. The van der Waals surface area contributed by atoms with E-state index in [-0.39, 0.29) is 42.2 Å². The molecule has 0 aliphatic carbocycles. The summed E-state index contributed by atoms with van der Waals surface area (Å²) in [5.74, 6) is -0.0183. The SMILES string of the molecule is CC1CNCCN1C(=O)CCNS(=O)(=O)c1ccc2ccccc2c1.Cl. The Morgan fingerprint density at radius 3 is 2.69 bits per heavy atom. The second-order valence-electron chi connectivity index (χ2n) is 6.30. The maximum Gasteiger partial charge on any atom is 0.240 e. The van der Waals surface area contributed by atoms with Crippen LogP contribution in [0.25, 0.3) is 10.8 Å². The summed E-state index contributed by atoms with van der Waals surface area (Å²) >= 11 is 0. The number of hydrogen-bond donors (Lipinski definition) is 2. The molecule has 0 spiro atoms. The number of halogens is 1. The molecule has 26 heavy (non-hydrogen) atoms. The van der Waals surface area contributed by atoms with Gasteiger partial charge in [0.15, 0.2) is 0 Å². The number of nitrogens with one attached hydrogen (secondary N) is 2. The van der Waals surface area contributed by atoms with Crippen LogP contribution in [-0.2, 0) is 14.8 Å². The van der Waals surface area contributed by atoms with E-state index in [0.717, 1.165) is 23.9 Å². The molecule has 8 heteroatoms. The van der Waals surface area contributed by atoms with Gasteiger partial charge in [0.2, 0.25) is 15.9 Å². The molecule has 1 unspecified atom stereocenters. The van der Waals surface area contributed by atoms with Gasteiger partial charge in [-0.15, -0.1) is 12.4 Å². The molecule has 0 bridgehead atoms. The van der Waals surface area contributed by atoms with Crippen molar-refractivity contribution in [3.63, 3.8) is 0 Å². The van der Waals surface area contributed by atoms with E-state index >= 15 is 0 Å². The minimum Gasteiger partial charge on any atom is -0.337 e. The van der Waals surface area contributed by atoms with Crippen molar-refractivity contribution >= 4 is 39.1 Å². The number of carbonyl (C=O) groups excluding carboxylic acids is 1. The number of piperazine rings is 1. The van der Waals surface area contributed by atoms with Crippen LogP contribution < -0.4 is 10.0 Å². The highest BCUT2D eigenvalue weighted by Crippen LogP contribution is 2.18. The topological polar surface area (TPSA) is 78.5 Å². The van der Waals surface area contributed by atoms with E-state index in [1.807, 2.05) is 31.2 Å². The first kappa shape index (κ1) is 20.6. The number of benzene rings is 2. The monoisotopic (exact) mass is 397 g/mol. The first-order valence-electron chi connectivity index (χ1n) is 8.46. The molecule has 6 nitrogen and oxygen atoms in total. The Hall–Kier alpha value is -1.67. The molecular formula is C18H24ClN3O3S. The lowest BCUT2D eigenvalue weighted by atomic mass is 10.1. The predicted molar refractivity (Wildman–Crippen MR) is 105 cm³/mol. The summed E-state index contributed by atoms with van der Waals surface area (Å²) in [6, 6.07) is 12.8. The first-order chi connectivity index (χ1) is 12.0. The molecule has 0 aromatic heterocycles. The summed E-state index contributed by atoms with van der Waals surface area (Å²) in [4.78, 5) is 14.3. The van der Waals surface area contributed by atoms with Crippen molar-refractivity contribution in [2.75, 3.05) is 26.2 Å². The second-order valence-corrected chi connectivity index (χ2v) is 8.06. The lowest BCUT2D eigenvalue weighted by Crippen LogP contribution is -2.52. The van der Waals surface area contributed by atoms with Crippen molar-refractivity contribution in [2.45, 2.75) is 24.3 Å². The van der Waals surface area contributed by atoms with Crippen molar-refractivity contribution in [1.29, 1.82) is 0 Å². The van der Waals surface area contributed by atoms with E-state index < -0.39 is 10.0 Å². The van der Waals surface area contributed by atoms with Crippen molar-refractivity contribution < 1.29 is 13.2 Å². The molecule has 3 rings (SSSR count). The molecule has 142 valence electrons. The Bertz CT molecular complexity index is 873. The number of fused-ring (bicyclic) bond motifs is 1. The van der Waals surface area contributed by atoms with Crippen LogP contribution in [0.1, 0.15) is 13.3 Å². The summed E-state index contributed by atoms with van der Waals surface area (Å²) in [5, 5.41) is 5.09. The lowest BCUT2D eigenvalue weighted by molar-refractivity contribution is -0.133. The highest BCUT2D eigenvalue weighted by atomic mass is 35.5. The van der Waals surface area contributed by atoms with Crippen LogP contribution in [0.4, 0.5) is 0 Å². The van der Waals surface area contributed by atoms with Crippen LogP contribution in [0.5, 0.6) is 0 Å². The van der Waals surface area contributed by atoms with Gasteiger partial charge in [0.1, 0.15) is 0 Å². The summed E-state index contributed by atoms with van der Waals surface area (Å²) in [6.07, 6.45) is 0.164. The van der Waals surface area contributed by atoms with Gasteiger partial charge in [-0.05, 0) is 29.8 Å². The van der Waals surface area contributed by atoms with Gasteiger partial charge in [0, 0.05) is 38.6 Å². The molecule has 2 aromatic rings. The first-order valence-corrected chi connectivity index (χ1v) is 9.94. The number of hydrogen-bond acceptors (Lipinski definition) is 4. The Kier molecular flexibility index (Phi) is 7.00. The molecule has 1 aliphatic rings. The van der Waals surface area contributed by atoms with Gasteiger partial charge in [0.25, 0.3) is 0 Å². The molecule has 0 radical (unpaired) electrons. The highest BCUT2D eigenvalue weighted by Gasteiger charge is 2.23. The number of sulfonamides is 1. The van der Waals surface area contributed by atoms with Gasteiger partial charge in [0.05, 0.1) is 4.90 Å². The average molecular weight is 398 g/mol. The van der Waals surface area contributed by atoms with Gasteiger partial charge >= 0.3 is 0 Å². The molecule has 1 amide bonds. The maximum atomic E-state index is 12.5. The lowest BCUT2D eigenvalue weighted by Gasteiger charge is -2.34. The maximum absolute atomic E-state index is 12.5. The Morgan fingerprint density at radius 1 is 1.23 bits per heavy atom. The molecule has 1 aliphatic heterocycles. The fourth-order valence-corrected chi connectivity index (χ4v) is 4.13. The van der Waals surface area contributed by atoms with Crippen molar-refractivity contribution in [3.8, 4) is 0 Å². The second kappa shape index (κ2) is 8.81. The number of rotatable bonds is 5. The summed E-state index contributed by atoms with van der Waals surface area (Å²) in [5.41, 5.74) is 0. The van der Waals surface area contributed by atoms with Crippen LogP contribution in [0.15, 0.2) is 47.4 Å². The van der Waals surface area contributed by atoms with Crippen LogP contribution in [0.3, 0.4) is 0 Å². The number of nitrogens with zero attached hydrogens (tertiary/aromatic N) is 1. The van der Waals surface area contributed by atoms with E-state index in [2.05, 4.69) is 10.0 Å². The highest BCUT2D eigenvalue weighted by molar-refractivity contribution is 7.89. The molecule has 1 atom stereocenters. The fourth-order valence-electron chi connectivity index (χ4n) is 3.07. The van der Waals surface area contributed by atoms with Gasteiger partial charge in [-0.1, -0.05) is 30.3 Å². The Balaban J connectivity index is 0.00000243. The van der Waals surface area contributed by atoms with Crippen LogP contribution in [0, 0.1) is 0 Å². The van der Waals surface area contributed by atoms with Gasteiger partial charge in [-0.3, -0.25) is 4.79 Å². The summed E-state index contributed by atoms with van der Waals surface area (Å²) < 4.78 is 27.4. The third-order valence-electron chi connectivity index (χ3n) is 4.48. The molecule has 1 fully saturated rings. The molecule has 1 heterocycles. The minimum atomic E-state index is -3.62. The van der Waals surface area contributed by atoms with E-state index in [1.54, 1.807) is 23.1 Å². The van der Waals surface area contributed by atoms with Crippen LogP contribution in [-0.4, -0.2) is 51.4 Å². The Labute approximate surface area is 160 Å². The summed E-state index contributed by atoms with van der Waals surface area (Å²) in [7, 11) is -3.62. The quantitative estimate of drug-likeness (QED) is 0.805. The van der Waals surface area contributed by atoms with Crippen LogP contribution >= 0.6 is 12.4 Å². The van der Waals surface area contributed by atoms with E-state index in [4.69, 9.17) is 0 Å². The number of amides is 1. The number of carbonyl (C=O) groups is 1. The van der Waals surface area contributed by atoms with E-state index in [9.17, 15) is 13.2 Å². The largest absolute Gasteiger partial charge is 0.337 e. The van der Waals surface area contributed by atoms with Crippen molar-refractivity contribution in [3.05, 3.63) is 42.5 Å². The third-order valence-corrected chi connectivity index (χ3v) is 5.94. The van der Waals surface area contributed by atoms with Gasteiger partial charge < -0.3 is 10.2 Å². The smallest absolute Gasteiger partial charge is 0.240 e. The zero-order chi connectivity index (χ0) is 17.9. The van der Waals surface area contributed by atoms with E-state index in [1.165, 1.54) is 0 Å². The molecule has 0 saturated carbocycles. The zero-order valence-corrected chi connectivity index (χ0v) is 16.3. The molecular weight excluding hydrogens is 374 g/mol. The Morgan fingerprint density at radius 2 is 1.96 bits per heavy atom. The fraction of sp³-hybridized carbons (Fsp3) is 0.389. The van der Waals surface area contributed by atoms with Gasteiger partial charge in [-0.2, -0.15) is 0 Å². The zero-order valence-electron chi connectivity index (χ0n) is 14.6. The standard InChI is InChI=1S/C18H23N3O3S.ClH/c1-14-13-19-10-11-21(14)18(22)8-9-20-25(23,24)17-7-6-15-4-2-3-5-16(15)12-17;/h2-7,12,14,19-20H,8-11,13H2,1H3;1H. The minimum absolute atomic E-state index is 0. The van der Waals surface area contributed by atoms with Gasteiger partial charge in [-0.25, -0.2) is 13.1 Å². The van der Waals surface area contributed by atoms with Crippen molar-refractivity contribution in [2.24, 2.45) is 0 Å². The average Bonchev–Trinajstić information content (AvgIpc) is 2.61. The van der Waals surface area contributed by atoms with Crippen molar-refractivity contribution in [1.82, 2.24) is 14.9 Å². The van der Waals surface area contributed by atoms with Crippen LogP contribution in [0.2, 0.25) is 0 Å². The van der Waals surface area contributed by atoms with E-state index in [0.29, 0.717) is 6.54 Å². The summed E-state index contributed by atoms with van der Waals surface area (Å²) in [6.45, 7) is 4.30. The molecule has 2 N–H and O–H groups in total. The predicted octanol–water partition coefficient (Wildman–Crippen LogP) is 1.75. The third kappa shape index (κ3) is 4.73.